The molecule has 1 rings (SSSR count). The molecule has 5 heteroatoms. The van der Waals surface area contributed by atoms with E-state index in [0.29, 0.717) is 6.61 Å². The summed E-state index contributed by atoms with van der Waals surface area (Å²) >= 11 is 0. The normalized spacial score (nSPS) is 27.3. The van der Waals surface area contributed by atoms with E-state index in [1.54, 1.807) is 13.8 Å². The second-order valence-electron chi connectivity index (χ2n) is 3.71. The van der Waals surface area contributed by atoms with E-state index in [0.717, 1.165) is 0 Å². The second-order valence-corrected chi connectivity index (χ2v) is 3.71. The fraction of sp³-hybridized carbons (Fsp3) is 0.889. The van der Waals surface area contributed by atoms with Gasteiger partial charge in [-0.05, 0) is 13.8 Å². The van der Waals surface area contributed by atoms with Crippen molar-refractivity contribution in [3.05, 3.63) is 0 Å². The van der Waals surface area contributed by atoms with E-state index in [-0.39, 0.29) is 6.42 Å². The second kappa shape index (κ2) is 4.25. The zero-order valence-corrected chi connectivity index (χ0v) is 8.65. The minimum absolute atomic E-state index is 0.0688. The molecule has 0 aromatic heterocycles. The lowest BCUT2D eigenvalue weighted by molar-refractivity contribution is -0.158. The molecule has 0 aromatic carbocycles. The highest BCUT2D eigenvalue weighted by molar-refractivity contribution is 5.69. The zero-order chi connectivity index (χ0) is 10.8. The molecular weight excluding hydrogens is 188 g/mol. The van der Waals surface area contributed by atoms with Crippen LogP contribution < -0.4 is 0 Å². The summed E-state index contributed by atoms with van der Waals surface area (Å²) in [5, 5.41) is 9.58. The van der Waals surface area contributed by atoms with Gasteiger partial charge in [0.2, 0.25) is 0 Å². The summed E-state index contributed by atoms with van der Waals surface area (Å²) in [7, 11) is 1.28. The maximum absolute atomic E-state index is 10.9. The standard InChI is InChI=1S/C9H16O5/c1-9(2)13-5-7(14-9)6(10)4-8(11)12-3/h6-7,10H,4-5H2,1-3H3/t6-,7+/m0/s1. The predicted octanol–water partition coefficient (Wildman–Crippen LogP) is 0.0619. The van der Waals surface area contributed by atoms with Crippen molar-refractivity contribution in [1.29, 1.82) is 0 Å². The van der Waals surface area contributed by atoms with Crippen LogP contribution in [0.5, 0.6) is 0 Å². The molecule has 1 N–H and O–H groups in total. The molecule has 0 unspecified atom stereocenters. The summed E-state index contributed by atoms with van der Waals surface area (Å²) in [6.45, 7) is 3.82. The van der Waals surface area contributed by atoms with Crippen LogP contribution in [0.3, 0.4) is 0 Å². The van der Waals surface area contributed by atoms with Crippen molar-refractivity contribution in [2.75, 3.05) is 13.7 Å². The highest BCUT2D eigenvalue weighted by Crippen LogP contribution is 2.25. The molecule has 1 aliphatic heterocycles. The van der Waals surface area contributed by atoms with E-state index in [2.05, 4.69) is 4.74 Å². The van der Waals surface area contributed by atoms with Crippen LogP contribution in [0.25, 0.3) is 0 Å². The predicted molar refractivity (Wildman–Crippen MR) is 47.5 cm³/mol. The van der Waals surface area contributed by atoms with Crippen LogP contribution in [0.15, 0.2) is 0 Å². The van der Waals surface area contributed by atoms with Gasteiger partial charge in [-0.25, -0.2) is 0 Å². The van der Waals surface area contributed by atoms with Crippen LogP contribution in [0, 0.1) is 0 Å². The first-order valence-electron chi connectivity index (χ1n) is 4.51. The molecule has 0 spiro atoms. The number of carbonyl (C=O) groups excluding carboxylic acids is 1. The van der Waals surface area contributed by atoms with Gasteiger partial charge in [0.05, 0.1) is 26.2 Å². The summed E-state index contributed by atoms with van der Waals surface area (Å²) in [6.07, 6.45) is -1.39. The third kappa shape index (κ3) is 2.94. The van der Waals surface area contributed by atoms with Crippen LogP contribution in [-0.2, 0) is 19.0 Å². The van der Waals surface area contributed by atoms with Gasteiger partial charge in [0.25, 0.3) is 0 Å². The highest BCUT2D eigenvalue weighted by atomic mass is 16.7. The molecule has 82 valence electrons. The fourth-order valence-electron chi connectivity index (χ4n) is 1.29. The summed E-state index contributed by atoms with van der Waals surface area (Å²) in [5.74, 6) is -1.13. The Morgan fingerprint density at radius 3 is 2.79 bits per heavy atom. The van der Waals surface area contributed by atoms with E-state index < -0.39 is 24.0 Å². The number of rotatable bonds is 3. The van der Waals surface area contributed by atoms with Gasteiger partial charge in [0.15, 0.2) is 5.79 Å². The van der Waals surface area contributed by atoms with Gasteiger partial charge in [0, 0.05) is 0 Å². The monoisotopic (exact) mass is 204 g/mol. The number of aliphatic hydroxyl groups excluding tert-OH is 1. The Balaban J connectivity index is 2.39. The van der Waals surface area contributed by atoms with Gasteiger partial charge in [-0.3, -0.25) is 4.79 Å². The summed E-state index contributed by atoms with van der Waals surface area (Å²) < 4.78 is 15.1. The minimum Gasteiger partial charge on any atom is -0.469 e. The van der Waals surface area contributed by atoms with Gasteiger partial charge >= 0.3 is 5.97 Å². The topological polar surface area (TPSA) is 65.0 Å². The minimum atomic E-state index is -0.871. The Hall–Kier alpha value is -0.650. The molecule has 0 saturated carbocycles. The van der Waals surface area contributed by atoms with Crippen molar-refractivity contribution < 1.29 is 24.1 Å². The van der Waals surface area contributed by atoms with Crippen LogP contribution in [0.2, 0.25) is 0 Å². The number of carbonyl (C=O) groups is 1. The molecule has 14 heavy (non-hydrogen) atoms. The van der Waals surface area contributed by atoms with Crippen LogP contribution >= 0.6 is 0 Å². The molecule has 0 amide bonds. The summed E-state index contributed by atoms with van der Waals surface area (Å²) in [5.41, 5.74) is 0. The molecule has 0 bridgehead atoms. The van der Waals surface area contributed by atoms with E-state index in [9.17, 15) is 9.90 Å². The Labute approximate surface area is 82.9 Å². The Bertz CT molecular complexity index is 213. The van der Waals surface area contributed by atoms with Crippen LogP contribution in [0.4, 0.5) is 0 Å². The smallest absolute Gasteiger partial charge is 0.308 e. The number of hydrogen-bond acceptors (Lipinski definition) is 5. The SMILES string of the molecule is COC(=O)C[C@H](O)[C@H]1COC(C)(C)O1. The first-order chi connectivity index (χ1) is 6.44. The van der Waals surface area contributed by atoms with Crippen molar-refractivity contribution in [3.8, 4) is 0 Å². The third-order valence-corrected chi connectivity index (χ3v) is 2.06. The van der Waals surface area contributed by atoms with Gasteiger partial charge in [-0.2, -0.15) is 0 Å². The number of esters is 1. The molecular formula is C9H16O5. The van der Waals surface area contributed by atoms with Crippen LogP contribution in [-0.4, -0.2) is 42.8 Å². The average Bonchev–Trinajstić information content (AvgIpc) is 2.46. The molecule has 5 nitrogen and oxygen atoms in total. The third-order valence-electron chi connectivity index (χ3n) is 2.06. The van der Waals surface area contributed by atoms with Crippen molar-refractivity contribution in [2.24, 2.45) is 0 Å². The summed E-state index contributed by atoms with van der Waals surface area (Å²) in [4.78, 5) is 10.9. The zero-order valence-electron chi connectivity index (χ0n) is 8.65. The van der Waals surface area contributed by atoms with Gasteiger partial charge in [-0.1, -0.05) is 0 Å². The average molecular weight is 204 g/mol. The Kier molecular flexibility index (Phi) is 3.47. The van der Waals surface area contributed by atoms with E-state index in [1.165, 1.54) is 7.11 Å². The Morgan fingerprint density at radius 2 is 2.36 bits per heavy atom. The van der Waals surface area contributed by atoms with E-state index >= 15 is 0 Å². The molecule has 0 aromatic rings. The molecule has 2 atom stereocenters. The molecule has 1 heterocycles. The first kappa shape index (κ1) is 11.4. The number of methoxy groups -OCH3 is 1. The van der Waals surface area contributed by atoms with Crippen molar-refractivity contribution in [1.82, 2.24) is 0 Å². The van der Waals surface area contributed by atoms with Gasteiger partial charge in [-0.15, -0.1) is 0 Å². The largest absolute Gasteiger partial charge is 0.469 e. The van der Waals surface area contributed by atoms with E-state index in [1.807, 2.05) is 0 Å². The number of ether oxygens (including phenoxy) is 3. The maximum atomic E-state index is 10.9. The molecule has 0 aliphatic carbocycles. The first-order valence-corrected chi connectivity index (χ1v) is 4.51. The summed E-state index contributed by atoms with van der Waals surface area (Å²) in [6, 6.07) is 0. The Morgan fingerprint density at radius 1 is 1.71 bits per heavy atom. The van der Waals surface area contributed by atoms with Crippen molar-refractivity contribution >= 4 is 5.97 Å². The van der Waals surface area contributed by atoms with Crippen molar-refractivity contribution in [2.45, 2.75) is 38.3 Å². The number of hydrogen-bond donors (Lipinski definition) is 1. The molecule has 0 radical (unpaired) electrons. The van der Waals surface area contributed by atoms with Gasteiger partial charge in [0.1, 0.15) is 6.10 Å². The highest BCUT2D eigenvalue weighted by Gasteiger charge is 2.37. The van der Waals surface area contributed by atoms with Crippen LogP contribution in [0.1, 0.15) is 20.3 Å². The molecule has 1 saturated heterocycles. The van der Waals surface area contributed by atoms with E-state index in [4.69, 9.17) is 9.47 Å². The lowest BCUT2D eigenvalue weighted by Gasteiger charge is -2.19. The maximum Gasteiger partial charge on any atom is 0.308 e. The molecule has 1 aliphatic rings. The lowest BCUT2D eigenvalue weighted by atomic mass is 10.1. The quantitative estimate of drug-likeness (QED) is 0.659. The lowest BCUT2D eigenvalue weighted by Crippen LogP contribution is -2.32. The van der Waals surface area contributed by atoms with Crippen molar-refractivity contribution in [3.63, 3.8) is 0 Å². The number of aliphatic hydroxyl groups is 1. The van der Waals surface area contributed by atoms with Gasteiger partial charge < -0.3 is 19.3 Å². The molecule has 1 fully saturated rings. The fourth-order valence-corrected chi connectivity index (χ4v) is 1.29.